The van der Waals surface area contributed by atoms with Gasteiger partial charge in [0.15, 0.2) is 0 Å². The molecule has 0 bridgehead atoms. The number of nitrogens with one attached hydrogen (secondary N) is 1. The summed E-state index contributed by atoms with van der Waals surface area (Å²) in [6.45, 7) is 2.08. The molecule has 94 valence electrons. The number of carbonyl (C=O) groups excluding carboxylic acids is 1. The maximum absolute atomic E-state index is 12.0. The van der Waals surface area contributed by atoms with Gasteiger partial charge in [-0.2, -0.15) is 5.26 Å². The lowest BCUT2D eigenvalue weighted by molar-refractivity contribution is 0.201. The van der Waals surface area contributed by atoms with Crippen molar-refractivity contribution < 1.29 is 4.79 Å². The van der Waals surface area contributed by atoms with E-state index < -0.39 is 0 Å². The van der Waals surface area contributed by atoms with E-state index in [1.807, 2.05) is 13.1 Å². The second kappa shape index (κ2) is 5.09. The number of amides is 2. The van der Waals surface area contributed by atoms with E-state index in [0.717, 1.165) is 0 Å². The highest BCUT2D eigenvalue weighted by atomic mass is 16.2. The van der Waals surface area contributed by atoms with E-state index in [2.05, 4.69) is 12.2 Å². The molecule has 1 fully saturated rings. The quantitative estimate of drug-likeness (QED) is 0.887. The molecule has 2 rings (SSSR count). The third-order valence-corrected chi connectivity index (χ3v) is 3.50. The van der Waals surface area contributed by atoms with Crippen molar-refractivity contribution in [3.05, 3.63) is 29.8 Å². The second-order valence-electron chi connectivity index (χ2n) is 4.81. The van der Waals surface area contributed by atoms with Gasteiger partial charge in [0, 0.05) is 18.8 Å². The van der Waals surface area contributed by atoms with Crippen molar-refractivity contribution in [2.75, 3.05) is 12.4 Å². The summed E-state index contributed by atoms with van der Waals surface area (Å²) in [6, 6.07) is 9.10. The van der Waals surface area contributed by atoms with E-state index in [4.69, 9.17) is 5.26 Å². The van der Waals surface area contributed by atoms with Gasteiger partial charge in [0.2, 0.25) is 0 Å². The van der Waals surface area contributed by atoms with Crippen LogP contribution in [0, 0.1) is 17.2 Å². The Balaban J connectivity index is 1.95. The summed E-state index contributed by atoms with van der Waals surface area (Å²) in [5.41, 5.74) is 1.31. The smallest absolute Gasteiger partial charge is 0.321 e. The summed E-state index contributed by atoms with van der Waals surface area (Å²) in [7, 11) is 1.82. The van der Waals surface area contributed by atoms with Gasteiger partial charge in [-0.25, -0.2) is 4.79 Å². The number of nitrogens with zero attached hydrogens (tertiary/aromatic N) is 2. The molecule has 1 atom stereocenters. The number of hydrogen-bond acceptors (Lipinski definition) is 2. The van der Waals surface area contributed by atoms with Gasteiger partial charge in [-0.15, -0.1) is 0 Å². The van der Waals surface area contributed by atoms with Gasteiger partial charge < -0.3 is 10.2 Å². The minimum atomic E-state index is -0.0980. The molecule has 2 amide bonds. The summed E-state index contributed by atoms with van der Waals surface area (Å²) in [6.07, 6.45) is 2.44. The lowest BCUT2D eigenvalue weighted by Crippen LogP contribution is -2.39. The maximum atomic E-state index is 12.0. The molecule has 0 aliphatic heterocycles. The Morgan fingerprint density at radius 2 is 2.06 bits per heavy atom. The van der Waals surface area contributed by atoms with Gasteiger partial charge in [-0.3, -0.25) is 0 Å². The van der Waals surface area contributed by atoms with Gasteiger partial charge >= 0.3 is 6.03 Å². The van der Waals surface area contributed by atoms with Gasteiger partial charge in [0.1, 0.15) is 0 Å². The molecule has 0 saturated heterocycles. The Labute approximate surface area is 107 Å². The molecule has 0 aromatic heterocycles. The lowest BCUT2D eigenvalue weighted by atomic mass is 10.2. The van der Waals surface area contributed by atoms with Crippen LogP contribution in [0.15, 0.2) is 24.3 Å². The van der Waals surface area contributed by atoms with Crippen molar-refractivity contribution in [3.8, 4) is 6.07 Å². The Bertz CT molecular complexity index is 471. The standard InChI is InChI=1S/C14H17N3O/c1-10(12-5-6-12)17(2)14(18)16-13-7-3-11(9-15)4-8-13/h3-4,7-8,10,12H,5-6H2,1-2H3,(H,16,18). The average Bonchev–Trinajstić information content (AvgIpc) is 3.22. The fraction of sp³-hybridized carbons (Fsp3) is 0.429. The van der Waals surface area contributed by atoms with Gasteiger partial charge in [-0.05, 0) is 49.9 Å². The van der Waals surface area contributed by atoms with Crippen molar-refractivity contribution in [1.82, 2.24) is 4.90 Å². The van der Waals surface area contributed by atoms with Crippen LogP contribution in [-0.2, 0) is 0 Å². The SMILES string of the molecule is CC(C1CC1)N(C)C(=O)Nc1ccc(C#N)cc1. The fourth-order valence-corrected chi connectivity index (χ4v) is 1.92. The minimum Gasteiger partial charge on any atom is -0.325 e. The number of anilines is 1. The van der Waals surface area contributed by atoms with E-state index in [-0.39, 0.29) is 12.1 Å². The molecular weight excluding hydrogens is 226 g/mol. The Morgan fingerprint density at radius 3 is 2.56 bits per heavy atom. The maximum Gasteiger partial charge on any atom is 0.321 e. The topological polar surface area (TPSA) is 56.1 Å². The first-order chi connectivity index (χ1) is 8.61. The molecular formula is C14H17N3O. The number of rotatable bonds is 3. The summed E-state index contributed by atoms with van der Waals surface area (Å²) in [4.78, 5) is 13.7. The normalized spacial score (nSPS) is 15.6. The molecule has 0 radical (unpaired) electrons. The van der Waals surface area contributed by atoms with E-state index in [1.165, 1.54) is 12.8 Å². The number of nitriles is 1. The third-order valence-electron chi connectivity index (χ3n) is 3.50. The first kappa shape index (κ1) is 12.4. The van der Waals surface area contributed by atoms with Crippen LogP contribution < -0.4 is 5.32 Å². The predicted octanol–water partition coefficient (Wildman–Crippen LogP) is 2.82. The van der Waals surface area contributed by atoms with Crippen molar-refractivity contribution in [3.63, 3.8) is 0 Å². The van der Waals surface area contributed by atoms with Crippen LogP contribution in [0.1, 0.15) is 25.3 Å². The first-order valence-corrected chi connectivity index (χ1v) is 6.16. The summed E-state index contributed by atoms with van der Waals surface area (Å²) < 4.78 is 0. The van der Waals surface area contributed by atoms with Crippen molar-refractivity contribution in [2.24, 2.45) is 5.92 Å². The van der Waals surface area contributed by atoms with Crippen LogP contribution in [0.4, 0.5) is 10.5 Å². The molecule has 0 heterocycles. The van der Waals surface area contributed by atoms with Crippen LogP contribution in [0.5, 0.6) is 0 Å². The molecule has 18 heavy (non-hydrogen) atoms. The zero-order valence-corrected chi connectivity index (χ0v) is 10.7. The Kier molecular flexibility index (Phi) is 3.52. The van der Waals surface area contributed by atoms with E-state index in [1.54, 1.807) is 29.2 Å². The summed E-state index contributed by atoms with van der Waals surface area (Å²) >= 11 is 0. The molecule has 4 heteroatoms. The molecule has 1 aliphatic carbocycles. The minimum absolute atomic E-state index is 0.0980. The zero-order valence-electron chi connectivity index (χ0n) is 10.7. The number of carbonyl (C=O) groups is 1. The monoisotopic (exact) mass is 243 g/mol. The van der Waals surface area contributed by atoms with Gasteiger partial charge in [0.25, 0.3) is 0 Å². The number of hydrogen-bond donors (Lipinski definition) is 1. The third kappa shape index (κ3) is 2.80. The predicted molar refractivity (Wildman–Crippen MR) is 70.1 cm³/mol. The van der Waals surface area contributed by atoms with Crippen molar-refractivity contribution in [1.29, 1.82) is 5.26 Å². The molecule has 1 aromatic carbocycles. The summed E-state index contributed by atoms with van der Waals surface area (Å²) in [5.74, 6) is 0.654. The molecule has 4 nitrogen and oxygen atoms in total. The Morgan fingerprint density at radius 1 is 1.44 bits per heavy atom. The van der Waals surface area contributed by atoms with Crippen LogP contribution in [0.2, 0.25) is 0 Å². The molecule has 1 aliphatic rings. The number of urea groups is 1. The summed E-state index contributed by atoms with van der Waals surface area (Å²) in [5, 5.41) is 11.5. The molecule has 1 saturated carbocycles. The largest absolute Gasteiger partial charge is 0.325 e. The van der Waals surface area contributed by atoms with Gasteiger partial charge in [0.05, 0.1) is 11.6 Å². The zero-order chi connectivity index (χ0) is 13.1. The molecule has 1 N–H and O–H groups in total. The highest BCUT2D eigenvalue weighted by molar-refractivity contribution is 5.89. The average molecular weight is 243 g/mol. The number of benzene rings is 1. The highest BCUT2D eigenvalue weighted by Crippen LogP contribution is 2.34. The van der Waals surface area contributed by atoms with Crippen molar-refractivity contribution in [2.45, 2.75) is 25.8 Å². The van der Waals surface area contributed by atoms with Crippen LogP contribution >= 0.6 is 0 Å². The van der Waals surface area contributed by atoms with E-state index in [0.29, 0.717) is 17.2 Å². The van der Waals surface area contributed by atoms with Crippen LogP contribution in [0.25, 0.3) is 0 Å². The Hall–Kier alpha value is -2.02. The second-order valence-corrected chi connectivity index (χ2v) is 4.81. The lowest BCUT2D eigenvalue weighted by Gasteiger charge is -2.25. The van der Waals surface area contributed by atoms with E-state index in [9.17, 15) is 4.79 Å². The molecule has 1 aromatic rings. The molecule has 1 unspecified atom stereocenters. The van der Waals surface area contributed by atoms with E-state index >= 15 is 0 Å². The van der Waals surface area contributed by atoms with Gasteiger partial charge in [-0.1, -0.05) is 0 Å². The highest BCUT2D eigenvalue weighted by Gasteiger charge is 2.32. The van der Waals surface area contributed by atoms with Crippen molar-refractivity contribution >= 4 is 11.7 Å². The molecule has 0 spiro atoms. The van der Waals surface area contributed by atoms with Crippen LogP contribution in [0.3, 0.4) is 0 Å². The fourth-order valence-electron chi connectivity index (χ4n) is 1.92. The first-order valence-electron chi connectivity index (χ1n) is 6.16. The van der Waals surface area contributed by atoms with Crippen LogP contribution in [-0.4, -0.2) is 24.0 Å².